The number of hydrogen-bond acceptors (Lipinski definition) is 13. The number of aliphatic carboxylic acids is 1. The molecule has 5 rings (SSSR count). The van der Waals surface area contributed by atoms with E-state index in [1.807, 2.05) is 13.8 Å². The van der Waals surface area contributed by atoms with Crippen molar-refractivity contribution in [2.75, 3.05) is 19.6 Å². The van der Waals surface area contributed by atoms with Gasteiger partial charge in [0, 0.05) is 44.1 Å². The molecule has 23 nitrogen and oxygen atoms in total. The standard InChI is InChI=1S/C53H69N11O12/c1-30(2)21-41(52(74)64-20-8-11-43(64)50(72)63-42(53(75)76)24-32-9-6-5-7-10-32)62-48(70)38(22-33-12-16-36(65)17-13-33)59-45(68)28-56-44(67)27-57-47(69)40(25-35-26-55-29-58-35)60-49(71)39(61-51(73)46(54)31(3)4)23-34-14-18-37(66)19-15-34/h5-7,9-10,12-19,26,29-31,38-43,46,65-66H,8,11,20-25,27-28,54H2,1-4H3,(H,55,58)(H,56,67)(H,57,69)(H,59,68)(H,60,71)(H,61,73)(H,62,70)(H,63,72)(H,75,76)/t38-,39-,40-,41-,42-,43-,46-/m0/s1. The molecule has 0 bridgehead atoms. The van der Waals surface area contributed by atoms with E-state index in [0.29, 0.717) is 28.8 Å². The van der Waals surface area contributed by atoms with Crippen molar-refractivity contribution in [1.29, 1.82) is 0 Å². The average molecular weight is 1050 g/mol. The van der Waals surface area contributed by atoms with Crippen LogP contribution in [0.5, 0.6) is 11.5 Å². The number of nitrogens with zero attached hydrogens (tertiary/aromatic N) is 2. The van der Waals surface area contributed by atoms with Crippen LogP contribution in [0.3, 0.4) is 0 Å². The summed E-state index contributed by atoms with van der Waals surface area (Å²) in [6, 6.07) is 12.3. The Hall–Kier alpha value is -8.34. The molecule has 408 valence electrons. The highest BCUT2D eigenvalue weighted by Crippen LogP contribution is 2.22. The Bertz CT molecular complexity index is 2610. The smallest absolute Gasteiger partial charge is 0.326 e. The van der Waals surface area contributed by atoms with Gasteiger partial charge in [-0.3, -0.25) is 38.4 Å². The summed E-state index contributed by atoms with van der Waals surface area (Å²) >= 11 is 0. The molecule has 0 radical (unpaired) electrons. The summed E-state index contributed by atoms with van der Waals surface area (Å²) in [4.78, 5) is 130. The van der Waals surface area contributed by atoms with Crippen molar-refractivity contribution in [2.24, 2.45) is 17.6 Å². The van der Waals surface area contributed by atoms with Gasteiger partial charge in [0.2, 0.25) is 47.3 Å². The lowest BCUT2D eigenvalue weighted by Gasteiger charge is -2.31. The molecule has 3 aromatic carbocycles. The molecule has 1 aliphatic rings. The van der Waals surface area contributed by atoms with Gasteiger partial charge in [0.15, 0.2) is 0 Å². The first kappa shape index (κ1) is 58.5. The molecule has 7 atom stereocenters. The summed E-state index contributed by atoms with van der Waals surface area (Å²) in [5, 5.41) is 47.8. The van der Waals surface area contributed by atoms with Crippen LogP contribution in [0.2, 0.25) is 0 Å². The number of aromatic amines is 1. The first-order valence-corrected chi connectivity index (χ1v) is 25.1. The van der Waals surface area contributed by atoms with Crippen molar-refractivity contribution in [3.8, 4) is 11.5 Å². The first-order valence-electron chi connectivity index (χ1n) is 25.1. The van der Waals surface area contributed by atoms with Crippen LogP contribution in [0.15, 0.2) is 91.4 Å². The van der Waals surface area contributed by atoms with Crippen LogP contribution in [0.25, 0.3) is 0 Å². The predicted octanol–water partition coefficient (Wildman–Crippen LogP) is -0.147. The summed E-state index contributed by atoms with van der Waals surface area (Å²) in [7, 11) is 0. The quantitative estimate of drug-likeness (QED) is 0.0370. The number of phenolic OH excluding ortho intramolecular Hbond substituents is 2. The second kappa shape index (κ2) is 28.4. The maximum absolute atomic E-state index is 14.3. The van der Waals surface area contributed by atoms with Gasteiger partial charge in [0.1, 0.15) is 47.8 Å². The van der Waals surface area contributed by atoms with Gasteiger partial charge in [0.25, 0.3) is 0 Å². The molecule has 0 unspecified atom stereocenters. The van der Waals surface area contributed by atoms with Crippen LogP contribution < -0.4 is 43.0 Å². The van der Waals surface area contributed by atoms with Crippen molar-refractivity contribution in [3.63, 3.8) is 0 Å². The number of aromatic nitrogens is 2. The number of carboxylic acid groups (broad SMARTS) is 1. The molecule has 13 N–H and O–H groups in total. The highest BCUT2D eigenvalue weighted by Gasteiger charge is 2.40. The minimum atomic E-state index is -1.33. The molecule has 8 amide bonds. The van der Waals surface area contributed by atoms with Crippen molar-refractivity contribution in [2.45, 2.75) is 115 Å². The van der Waals surface area contributed by atoms with Gasteiger partial charge in [-0.05, 0) is 72.1 Å². The van der Waals surface area contributed by atoms with Crippen molar-refractivity contribution in [3.05, 3.63) is 114 Å². The van der Waals surface area contributed by atoms with E-state index in [9.17, 15) is 58.5 Å². The number of nitrogens with two attached hydrogens (primary N) is 1. The van der Waals surface area contributed by atoms with Crippen LogP contribution in [-0.2, 0) is 68.8 Å². The second-order valence-corrected chi connectivity index (χ2v) is 19.5. The van der Waals surface area contributed by atoms with E-state index in [-0.39, 0.29) is 68.4 Å². The zero-order valence-corrected chi connectivity index (χ0v) is 42.9. The summed E-state index contributed by atoms with van der Waals surface area (Å²) in [5.41, 5.74) is 8.30. The molecule has 1 fully saturated rings. The maximum Gasteiger partial charge on any atom is 0.326 e. The van der Waals surface area contributed by atoms with E-state index in [1.54, 1.807) is 56.3 Å². The van der Waals surface area contributed by atoms with E-state index >= 15 is 0 Å². The third kappa shape index (κ3) is 18.2. The number of likely N-dealkylation sites (tertiary alicyclic amines) is 1. The Morgan fingerprint density at radius 1 is 0.632 bits per heavy atom. The van der Waals surface area contributed by atoms with Crippen LogP contribution in [0.4, 0.5) is 0 Å². The number of carbonyl (C=O) groups excluding carboxylic acids is 8. The fourth-order valence-corrected chi connectivity index (χ4v) is 8.39. The molecule has 1 saturated heterocycles. The Morgan fingerprint density at radius 2 is 1.16 bits per heavy atom. The number of carboxylic acids is 1. The van der Waals surface area contributed by atoms with E-state index in [0.717, 1.165) is 0 Å². The monoisotopic (exact) mass is 1050 g/mol. The maximum atomic E-state index is 14.3. The van der Waals surface area contributed by atoms with Gasteiger partial charge in [-0.2, -0.15) is 0 Å². The molecule has 0 spiro atoms. The Balaban J connectivity index is 1.23. The van der Waals surface area contributed by atoms with Crippen LogP contribution in [0, 0.1) is 11.8 Å². The van der Waals surface area contributed by atoms with Crippen molar-refractivity contribution < 1.29 is 58.5 Å². The number of amides is 8. The third-order valence-electron chi connectivity index (χ3n) is 12.6. The van der Waals surface area contributed by atoms with E-state index in [4.69, 9.17) is 5.73 Å². The average Bonchev–Trinajstić information content (AvgIpc) is 4.10. The van der Waals surface area contributed by atoms with Crippen LogP contribution >= 0.6 is 0 Å². The number of rotatable bonds is 27. The number of nitrogens with one attached hydrogen (secondary N) is 8. The van der Waals surface area contributed by atoms with Crippen LogP contribution in [0.1, 0.15) is 69.3 Å². The van der Waals surface area contributed by atoms with E-state index in [1.165, 1.54) is 53.8 Å². The molecule has 76 heavy (non-hydrogen) atoms. The molecule has 1 aliphatic heterocycles. The molecular formula is C53H69N11O12. The number of aromatic hydroxyl groups is 2. The van der Waals surface area contributed by atoms with Gasteiger partial charge >= 0.3 is 5.97 Å². The lowest BCUT2D eigenvalue weighted by molar-refractivity contribution is -0.145. The zero-order valence-electron chi connectivity index (χ0n) is 42.9. The molecule has 1 aromatic heterocycles. The summed E-state index contributed by atoms with van der Waals surface area (Å²) < 4.78 is 0. The third-order valence-corrected chi connectivity index (χ3v) is 12.6. The van der Waals surface area contributed by atoms with Gasteiger partial charge in [-0.15, -0.1) is 0 Å². The first-order chi connectivity index (χ1) is 36.2. The highest BCUT2D eigenvalue weighted by atomic mass is 16.4. The highest BCUT2D eigenvalue weighted by molar-refractivity contribution is 5.97. The summed E-state index contributed by atoms with van der Waals surface area (Å²) in [6.07, 6.45) is 3.39. The van der Waals surface area contributed by atoms with Gasteiger partial charge in [0.05, 0.1) is 25.5 Å². The number of carbonyl (C=O) groups is 9. The topological polar surface area (TPSA) is 356 Å². The van der Waals surface area contributed by atoms with Crippen molar-refractivity contribution >= 4 is 53.2 Å². The fourth-order valence-electron chi connectivity index (χ4n) is 8.39. The molecule has 4 aromatic rings. The van der Waals surface area contributed by atoms with Gasteiger partial charge < -0.3 is 68.2 Å². The molecule has 2 heterocycles. The van der Waals surface area contributed by atoms with Crippen molar-refractivity contribution in [1.82, 2.24) is 52.1 Å². The van der Waals surface area contributed by atoms with Gasteiger partial charge in [-0.1, -0.05) is 82.3 Å². The second-order valence-electron chi connectivity index (χ2n) is 19.5. The molecule has 0 saturated carbocycles. The van der Waals surface area contributed by atoms with Gasteiger partial charge in [-0.25, -0.2) is 9.78 Å². The number of H-pyrrole nitrogens is 1. The minimum Gasteiger partial charge on any atom is -0.508 e. The SMILES string of the molecule is CC(C)C[C@H](NC(=O)[C@H](Cc1ccc(O)cc1)NC(=O)CNC(=O)CNC(=O)[C@H](Cc1cnc[nH]1)NC(=O)[C@H](Cc1ccc(O)cc1)NC(=O)[C@@H](N)C(C)C)C(=O)N1CCC[C@H]1C(=O)N[C@@H](Cc1ccccc1)C(=O)O. The number of phenols is 2. The lowest BCUT2D eigenvalue weighted by Crippen LogP contribution is -2.58. The summed E-state index contributed by atoms with van der Waals surface area (Å²) in [5.74, 6) is -7.52. The van der Waals surface area contributed by atoms with E-state index in [2.05, 4.69) is 47.2 Å². The van der Waals surface area contributed by atoms with E-state index < -0.39 is 109 Å². The summed E-state index contributed by atoms with van der Waals surface area (Å²) in [6.45, 7) is 5.99. The fraction of sp³-hybridized carbons (Fsp3) is 0.434. The van der Waals surface area contributed by atoms with Crippen LogP contribution in [-0.4, -0.2) is 145 Å². The Morgan fingerprint density at radius 3 is 1.71 bits per heavy atom. The normalized spacial score (nSPS) is 15.5. The largest absolute Gasteiger partial charge is 0.508 e. The Kier molecular flexibility index (Phi) is 21.8. The lowest BCUT2D eigenvalue weighted by atomic mass is 10.00. The number of hydrogen-bond donors (Lipinski definition) is 12. The molecule has 23 heteroatoms. The number of imidazole rings is 1. The number of benzene rings is 3. The predicted molar refractivity (Wildman–Crippen MR) is 276 cm³/mol. The molecule has 0 aliphatic carbocycles. The zero-order chi connectivity index (χ0) is 55.5. The minimum absolute atomic E-state index is 0.0109. The Labute approximate surface area is 439 Å². The molecular weight excluding hydrogens is 983 g/mol.